The molecule has 0 aliphatic carbocycles. The molecule has 0 unspecified atom stereocenters. The van der Waals surface area contributed by atoms with Crippen LogP contribution in [0.2, 0.25) is 0 Å². The van der Waals surface area contributed by atoms with Gasteiger partial charge in [-0.1, -0.05) is 0 Å². The van der Waals surface area contributed by atoms with E-state index >= 15 is 0 Å². The van der Waals surface area contributed by atoms with E-state index in [0.29, 0.717) is 6.54 Å². The molecule has 0 radical (unpaired) electrons. The van der Waals surface area contributed by atoms with E-state index in [4.69, 9.17) is 5.73 Å². The number of halogens is 4. The molecule has 0 aromatic carbocycles. The molecular formula is C7H14BF4N3. The van der Waals surface area contributed by atoms with Crippen LogP contribution < -0.4 is 10.3 Å². The van der Waals surface area contributed by atoms with E-state index in [1.807, 2.05) is 6.20 Å². The molecule has 1 heterocycles. The lowest BCUT2D eigenvalue weighted by Crippen LogP contribution is -2.35. The molecule has 15 heavy (non-hydrogen) atoms. The molecule has 1 aromatic rings. The largest absolute Gasteiger partial charge is 0.673 e. The number of aryl methyl sites for hydroxylation is 1. The van der Waals surface area contributed by atoms with Gasteiger partial charge in [0.1, 0.15) is 18.9 Å². The lowest BCUT2D eigenvalue weighted by Gasteiger charge is -1.94. The summed E-state index contributed by atoms with van der Waals surface area (Å²) in [4.78, 5) is 0. The third-order valence-electron chi connectivity index (χ3n) is 1.50. The Hall–Kier alpha value is -1.05. The molecule has 0 aliphatic heterocycles. The van der Waals surface area contributed by atoms with Crippen molar-refractivity contribution in [2.75, 3.05) is 6.54 Å². The second-order valence-electron chi connectivity index (χ2n) is 2.77. The quantitative estimate of drug-likeness (QED) is 0.467. The van der Waals surface area contributed by atoms with Gasteiger partial charge >= 0.3 is 7.25 Å². The fourth-order valence-electron chi connectivity index (χ4n) is 0.907. The first-order valence-corrected chi connectivity index (χ1v) is 4.49. The van der Waals surface area contributed by atoms with Gasteiger partial charge in [0.15, 0.2) is 0 Å². The van der Waals surface area contributed by atoms with Crippen LogP contribution in [-0.4, -0.2) is 18.4 Å². The van der Waals surface area contributed by atoms with Crippen molar-refractivity contribution in [2.24, 2.45) is 5.73 Å². The zero-order valence-electron chi connectivity index (χ0n) is 8.41. The Morgan fingerprint density at radius 1 is 1.33 bits per heavy atom. The monoisotopic (exact) mass is 227 g/mol. The Labute approximate surface area is 85.6 Å². The predicted octanol–water partition coefficient (Wildman–Crippen LogP) is 1.05. The van der Waals surface area contributed by atoms with Crippen molar-refractivity contribution in [1.29, 1.82) is 0 Å². The van der Waals surface area contributed by atoms with E-state index in [2.05, 4.69) is 28.6 Å². The van der Waals surface area contributed by atoms with Crippen LogP contribution in [0.4, 0.5) is 17.3 Å². The van der Waals surface area contributed by atoms with Crippen molar-refractivity contribution in [3.63, 3.8) is 0 Å². The van der Waals surface area contributed by atoms with Gasteiger partial charge in [-0.3, -0.25) is 0 Å². The average Bonchev–Trinajstić information content (AvgIpc) is 2.50. The summed E-state index contributed by atoms with van der Waals surface area (Å²) in [6.45, 7) is 4.76. The van der Waals surface area contributed by atoms with Gasteiger partial charge in [-0.2, -0.15) is 0 Å². The Morgan fingerprint density at radius 3 is 2.20 bits per heavy atom. The highest BCUT2D eigenvalue weighted by molar-refractivity contribution is 6.50. The first kappa shape index (κ1) is 14.0. The summed E-state index contributed by atoms with van der Waals surface area (Å²) in [6.07, 6.45) is 6.15. The fraction of sp³-hybridized carbons (Fsp3) is 0.571. The first-order valence-electron chi connectivity index (χ1n) is 4.49. The number of nitrogens with zero attached hydrogens (tertiary/aromatic N) is 2. The summed E-state index contributed by atoms with van der Waals surface area (Å²) in [5, 5.41) is 0. The van der Waals surface area contributed by atoms with Gasteiger partial charge in [-0.05, 0) is 6.92 Å². The highest BCUT2D eigenvalue weighted by Gasteiger charge is 2.20. The van der Waals surface area contributed by atoms with E-state index in [1.54, 1.807) is 0 Å². The highest BCUT2D eigenvalue weighted by Crippen LogP contribution is 2.06. The van der Waals surface area contributed by atoms with Crippen LogP contribution in [-0.2, 0) is 13.1 Å². The molecule has 0 saturated carbocycles. The van der Waals surface area contributed by atoms with Gasteiger partial charge in [0.05, 0.1) is 6.54 Å². The summed E-state index contributed by atoms with van der Waals surface area (Å²) in [5.41, 5.74) is 5.38. The Morgan fingerprint density at radius 2 is 1.87 bits per heavy atom. The smallest absolute Gasteiger partial charge is 0.418 e. The van der Waals surface area contributed by atoms with Crippen LogP contribution in [0, 0.1) is 0 Å². The van der Waals surface area contributed by atoms with E-state index in [0.717, 1.165) is 13.1 Å². The summed E-state index contributed by atoms with van der Waals surface area (Å²) in [5.74, 6) is 0. The number of hydrogen-bond acceptors (Lipinski definition) is 1. The molecule has 0 spiro atoms. The molecule has 0 aliphatic rings. The van der Waals surface area contributed by atoms with Crippen LogP contribution in [0.5, 0.6) is 0 Å². The standard InChI is InChI=1S/C7H14N3.BF4/c1-2-9-5-6-10(7-9)4-3-8;2-1(3,4)5/h5-7H,2-4,8H2,1H3;/q+1;-1. The summed E-state index contributed by atoms with van der Waals surface area (Å²) >= 11 is 0. The van der Waals surface area contributed by atoms with Crippen molar-refractivity contribution < 1.29 is 21.8 Å². The number of aromatic nitrogens is 2. The second kappa shape index (κ2) is 6.44. The molecule has 88 valence electrons. The third kappa shape index (κ3) is 9.26. The normalized spacial score (nSPS) is 10.8. The van der Waals surface area contributed by atoms with E-state index in [9.17, 15) is 17.3 Å². The molecule has 1 aromatic heterocycles. The van der Waals surface area contributed by atoms with Gasteiger partial charge in [0.25, 0.3) is 0 Å². The maximum atomic E-state index is 9.75. The molecule has 1 rings (SSSR count). The van der Waals surface area contributed by atoms with Crippen LogP contribution >= 0.6 is 0 Å². The molecule has 3 nitrogen and oxygen atoms in total. The van der Waals surface area contributed by atoms with Crippen molar-refractivity contribution >= 4 is 7.25 Å². The van der Waals surface area contributed by atoms with Gasteiger partial charge < -0.3 is 23.0 Å². The van der Waals surface area contributed by atoms with Gasteiger partial charge in [-0.25, -0.2) is 9.13 Å². The minimum atomic E-state index is -6.00. The topological polar surface area (TPSA) is 34.8 Å². The average molecular weight is 227 g/mol. The van der Waals surface area contributed by atoms with Crippen molar-refractivity contribution in [3.05, 3.63) is 18.7 Å². The maximum Gasteiger partial charge on any atom is 0.673 e. The maximum absolute atomic E-state index is 9.75. The summed E-state index contributed by atoms with van der Waals surface area (Å²) in [7, 11) is -6.00. The first-order chi connectivity index (χ1) is 6.86. The summed E-state index contributed by atoms with van der Waals surface area (Å²) < 4.78 is 43.2. The zero-order valence-corrected chi connectivity index (χ0v) is 8.41. The molecule has 0 fully saturated rings. The molecular weight excluding hydrogens is 213 g/mol. The van der Waals surface area contributed by atoms with Crippen LogP contribution in [0.15, 0.2) is 18.7 Å². The fourth-order valence-corrected chi connectivity index (χ4v) is 0.907. The van der Waals surface area contributed by atoms with Crippen molar-refractivity contribution in [2.45, 2.75) is 20.0 Å². The molecule has 0 atom stereocenters. The van der Waals surface area contributed by atoms with E-state index in [-0.39, 0.29) is 0 Å². The Kier molecular flexibility index (Phi) is 5.99. The molecule has 0 amide bonds. The molecule has 0 saturated heterocycles. The lowest BCUT2D eigenvalue weighted by molar-refractivity contribution is -0.694. The van der Waals surface area contributed by atoms with E-state index in [1.165, 1.54) is 0 Å². The van der Waals surface area contributed by atoms with Gasteiger partial charge in [0.2, 0.25) is 6.33 Å². The molecule has 8 heteroatoms. The number of imidazole rings is 1. The summed E-state index contributed by atoms with van der Waals surface area (Å²) in [6, 6.07) is 0. The Bertz CT molecular complexity index is 267. The second-order valence-corrected chi connectivity index (χ2v) is 2.77. The molecule has 0 bridgehead atoms. The molecule has 2 N–H and O–H groups in total. The lowest BCUT2D eigenvalue weighted by atomic mass is 10.3. The number of nitrogens with two attached hydrogens (primary N) is 1. The Balaban J connectivity index is 0.000000336. The minimum Gasteiger partial charge on any atom is -0.418 e. The van der Waals surface area contributed by atoms with E-state index < -0.39 is 7.25 Å². The SMILES string of the molecule is CCn1cc[n+](CCN)c1.F[B-](F)(F)F. The zero-order chi connectivity index (χ0) is 11.9. The van der Waals surface area contributed by atoms with Crippen molar-refractivity contribution in [3.8, 4) is 0 Å². The number of hydrogen-bond donors (Lipinski definition) is 1. The van der Waals surface area contributed by atoms with Crippen LogP contribution in [0.3, 0.4) is 0 Å². The third-order valence-corrected chi connectivity index (χ3v) is 1.50. The highest BCUT2D eigenvalue weighted by atomic mass is 19.5. The minimum absolute atomic E-state index is 0.707. The number of rotatable bonds is 3. The van der Waals surface area contributed by atoms with Crippen LogP contribution in [0.25, 0.3) is 0 Å². The van der Waals surface area contributed by atoms with Gasteiger partial charge in [0, 0.05) is 6.54 Å². The van der Waals surface area contributed by atoms with Crippen molar-refractivity contribution in [1.82, 2.24) is 4.57 Å². The van der Waals surface area contributed by atoms with Gasteiger partial charge in [-0.15, -0.1) is 0 Å². The predicted molar refractivity (Wildman–Crippen MR) is 49.5 cm³/mol. The van der Waals surface area contributed by atoms with Crippen LogP contribution in [0.1, 0.15) is 6.92 Å².